The first-order valence-corrected chi connectivity index (χ1v) is 12.0. The average molecular weight is 528 g/mol. The van der Waals surface area contributed by atoms with Crippen LogP contribution in [0.25, 0.3) is 16.8 Å². The molecule has 0 aliphatic heterocycles. The lowest BCUT2D eigenvalue weighted by Crippen LogP contribution is -2.51. The number of carbonyl (C=O) groups is 2. The van der Waals surface area contributed by atoms with E-state index in [1.54, 1.807) is 11.5 Å². The number of carbonyl (C=O) groups excluding carboxylic acids is 2. The van der Waals surface area contributed by atoms with E-state index in [1.165, 1.54) is 6.08 Å². The summed E-state index contributed by atoms with van der Waals surface area (Å²) in [5.74, 6) is -1.46. The molecule has 0 saturated carbocycles. The Bertz CT molecular complexity index is 1150. The number of nitrogens with one attached hydrogen (secondary N) is 3. The van der Waals surface area contributed by atoms with E-state index >= 15 is 0 Å². The maximum atomic E-state index is 13.0. The van der Waals surface area contributed by atoms with Crippen molar-refractivity contribution in [2.45, 2.75) is 45.4 Å². The van der Waals surface area contributed by atoms with Crippen LogP contribution in [0.3, 0.4) is 0 Å². The third kappa shape index (κ3) is 11.4. The molecule has 2 atom stereocenters. The second-order valence-electron chi connectivity index (χ2n) is 8.87. The van der Waals surface area contributed by atoms with Crippen LogP contribution in [0.15, 0.2) is 53.5 Å². The van der Waals surface area contributed by atoms with E-state index in [4.69, 9.17) is 10.4 Å². The largest absolute Gasteiger partial charge is 0.635 e. The van der Waals surface area contributed by atoms with Gasteiger partial charge in [0.2, 0.25) is 11.8 Å². The molecule has 0 aliphatic carbocycles. The summed E-state index contributed by atoms with van der Waals surface area (Å²) in [6, 6.07) is 12.5. The summed E-state index contributed by atoms with van der Waals surface area (Å²) in [7, 11) is -2.09. The zero-order valence-electron chi connectivity index (χ0n) is 21.2. The van der Waals surface area contributed by atoms with Gasteiger partial charge in [-0.25, -0.2) is 15.1 Å². The summed E-state index contributed by atoms with van der Waals surface area (Å²) in [6.45, 7) is 3.79. The number of nitro groups is 1. The molecule has 0 bridgehead atoms. The van der Waals surface area contributed by atoms with Crippen molar-refractivity contribution >= 4 is 41.9 Å². The maximum Gasteiger partial charge on any atom is 0.635 e. The van der Waals surface area contributed by atoms with Gasteiger partial charge in [-0.15, -0.1) is 0 Å². The molecular formula is C24H33BN6O7. The fourth-order valence-electron chi connectivity index (χ4n) is 3.58. The molecule has 14 heteroatoms. The van der Waals surface area contributed by atoms with Gasteiger partial charge < -0.3 is 31.1 Å². The highest BCUT2D eigenvalue weighted by molar-refractivity contribution is 6.32. The van der Waals surface area contributed by atoms with Gasteiger partial charge in [-0.2, -0.15) is 0 Å². The summed E-state index contributed by atoms with van der Waals surface area (Å²) in [4.78, 5) is 39.9. The lowest BCUT2D eigenvalue weighted by atomic mass is 10.1. The molecule has 0 spiro atoms. The minimum Gasteiger partial charge on any atom is -0.402 e. The third-order valence-corrected chi connectivity index (χ3v) is 5.25. The zero-order chi connectivity index (χ0) is 28.1. The van der Waals surface area contributed by atoms with Gasteiger partial charge in [0.1, 0.15) is 12.3 Å². The Morgan fingerprint density at radius 1 is 1.18 bits per heavy atom. The SMILES string of the molecule is CC(C)C[C@H](NC(=O)[C@H](CCCN=C(N)N[N+](=O)[O-])NC(=O)/C=C/c1ccc2ccccc2c1)OB(O)O. The highest BCUT2D eigenvalue weighted by Gasteiger charge is 2.26. The molecule has 0 unspecified atom stereocenters. The van der Waals surface area contributed by atoms with Gasteiger partial charge in [-0.1, -0.05) is 55.7 Å². The van der Waals surface area contributed by atoms with Gasteiger partial charge in [0.25, 0.3) is 5.96 Å². The lowest BCUT2D eigenvalue weighted by Gasteiger charge is -2.24. The average Bonchev–Trinajstić information content (AvgIpc) is 2.83. The number of nitrogens with zero attached hydrogens (tertiary/aromatic N) is 2. The summed E-state index contributed by atoms with van der Waals surface area (Å²) in [5.41, 5.74) is 7.91. The Labute approximate surface area is 220 Å². The first-order valence-electron chi connectivity index (χ1n) is 12.0. The van der Waals surface area contributed by atoms with Crippen LogP contribution in [-0.4, -0.2) is 59.0 Å². The van der Waals surface area contributed by atoms with E-state index < -0.39 is 36.4 Å². The second-order valence-corrected chi connectivity index (χ2v) is 8.87. The Morgan fingerprint density at radius 2 is 1.89 bits per heavy atom. The van der Waals surface area contributed by atoms with Crippen molar-refractivity contribution in [1.29, 1.82) is 0 Å². The van der Waals surface area contributed by atoms with Crippen LogP contribution < -0.4 is 21.8 Å². The summed E-state index contributed by atoms with van der Waals surface area (Å²) in [6.07, 6.45) is 2.59. The fourth-order valence-corrected chi connectivity index (χ4v) is 3.58. The van der Waals surface area contributed by atoms with Gasteiger partial charge in [-0.3, -0.25) is 9.59 Å². The number of hydrogen-bond donors (Lipinski definition) is 6. The van der Waals surface area contributed by atoms with Gasteiger partial charge >= 0.3 is 7.32 Å². The predicted molar refractivity (Wildman–Crippen MR) is 143 cm³/mol. The second kappa shape index (κ2) is 15.3. The van der Waals surface area contributed by atoms with Crippen LogP contribution in [0.2, 0.25) is 0 Å². The van der Waals surface area contributed by atoms with Crippen molar-refractivity contribution in [2.75, 3.05) is 6.54 Å². The summed E-state index contributed by atoms with van der Waals surface area (Å²) < 4.78 is 4.96. The van der Waals surface area contributed by atoms with E-state index in [9.17, 15) is 29.8 Å². The van der Waals surface area contributed by atoms with Crippen LogP contribution in [-0.2, 0) is 14.2 Å². The molecule has 13 nitrogen and oxygen atoms in total. The van der Waals surface area contributed by atoms with E-state index in [0.29, 0.717) is 6.42 Å². The van der Waals surface area contributed by atoms with Crippen molar-refractivity contribution in [3.8, 4) is 0 Å². The van der Waals surface area contributed by atoms with Gasteiger partial charge in [0, 0.05) is 12.6 Å². The number of fused-ring (bicyclic) bond motifs is 1. The first kappa shape index (κ1) is 30.2. The van der Waals surface area contributed by atoms with Crippen molar-refractivity contribution in [1.82, 2.24) is 16.1 Å². The number of nitrogens with two attached hydrogens (primary N) is 1. The molecule has 2 amide bonds. The van der Waals surface area contributed by atoms with Crippen LogP contribution >= 0.6 is 0 Å². The number of benzene rings is 2. The molecule has 0 fully saturated rings. The molecule has 0 saturated heterocycles. The fraction of sp³-hybridized carbons (Fsp3) is 0.375. The Morgan fingerprint density at radius 3 is 2.55 bits per heavy atom. The topological polar surface area (TPSA) is 201 Å². The molecule has 0 heterocycles. The van der Waals surface area contributed by atoms with Crippen LogP contribution in [0, 0.1) is 16.0 Å². The van der Waals surface area contributed by atoms with Gasteiger partial charge in [0.15, 0.2) is 5.03 Å². The summed E-state index contributed by atoms with van der Waals surface area (Å²) in [5, 5.41) is 35.2. The van der Waals surface area contributed by atoms with Crippen LogP contribution in [0.1, 0.15) is 38.7 Å². The Balaban J connectivity index is 2.09. The van der Waals surface area contributed by atoms with Crippen molar-refractivity contribution in [3.63, 3.8) is 0 Å². The van der Waals surface area contributed by atoms with E-state index in [1.807, 2.05) is 56.3 Å². The molecule has 2 aromatic rings. The Hall–Kier alpha value is -4.01. The molecule has 7 N–H and O–H groups in total. The van der Waals surface area contributed by atoms with Gasteiger partial charge in [0.05, 0.1) is 0 Å². The smallest absolute Gasteiger partial charge is 0.402 e. The number of amides is 2. The minimum atomic E-state index is -2.09. The molecule has 0 radical (unpaired) electrons. The summed E-state index contributed by atoms with van der Waals surface area (Å²) >= 11 is 0. The predicted octanol–water partition coefficient (Wildman–Crippen LogP) is 0.689. The van der Waals surface area contributed by atoms with Crippen molar-refractivity contribution in [2.24, 2.45) is 16.6 Å². The minimum absolute atomic E-state index is 0.0561. The zero-order valence-corrected chi connectivity index (χ0v) is 21.2. The quantitative estimate of drug-likeness (QED) is 0.0298. The van der Waals surface area contributed by atoms with E-state index in [0.717, 1.165) is 16.3 Å². The van der Waals surface area contributed by atoms with Crippen molar-refractivity contribution in [3.05, 3.63) is 64.2 Å². The molecule has 2 aromatic carbocycles. The molecule has 38 heavy (non-hydrogen) atoms. The molecule has 0 aliphatic rings. The number of hydrogen-bond acceptors (Lipinski definition) is 8. The number of hydrazine groups is 1. The molecule has 2 rings (SSSR count). The first-order chi connectivity index (χ1) is 18.0. The number of rotatable bonds is 14. The van der Waals surface area contributed by atoms with Crippen molar-refractivity contribution < 1.29 is 29.3 Å². The van der Waals surface area contributed by atoms with Crippen LogP contribution in [0.5, 0.6) is 0 Å². The molecule has 204 valence electrons. The van der Waals surface area contributed by atoms with Gasteiger partial charge in [-0.05, 0) is 53.7 Å². The van der Waals surface area contributed by atoms with E-state index in [2.05, 4.69) is 15.6 Å². The molecular weight excluding hydrogens is 495 g/mol. The highest BCUT2D eigenvalue weighted by Crippen LogP contribution is 2.16. The highest BCUT2D eigenvalue weighted by atomic mass is 16.7. The molecule has 0 aromatic heterocycles. The van der Waals surface area contributed by atoms with Crippen LogP contribution in [0.4, 0.5) is 0 Å². The lowest BCUT2D eigenvalue weighted by molar-refractivity contribution is -0.525. The van der Waals surface area contributed by atoms with E-state index in [-0.39, 0.29) is 31.3 Å². The maximum absolute atomic E-state index is 13.0. The monoisotopic (exact) mass is 528 g/mol. The normalized spacial score (nSPS) is 13.3. The number of guanidine groups is 1. The number of aliphatic imine (C=N–C) groups is 1. The Kier molecular flexibility index (Phi) is 12.2. The standard InChI is InChI=1S/C24H33BN6O7/c1-16(2)14-22(38-25(34)35)29-23(33)20(8-5-13-27-24(26)30-31(36)37)28-21(32)12-10-17-9-11-18-6-3-4-7-19(18)15-17/h3-4,6-7,9-12,15-16,20,22,34-35H,5,8,13-14H2,1-2H3,(H,28,32)(H,29,33)(H3,26,27,30)/b12-10+/t20-,22+/m0/s1. The third-order valence-electron chi connectivity index (χ3n) is 5.25.